The average Bonchev–Trinajstić information content (AvgIpc) is 2.74. The Labute approximate surface area is 138 Å². The number of methoxy groups -OCH3 is 1. The van der Waals surface area contributed by atoms with Crippen molar-refractivity contribution in [3.05, 3.63) is 33.8 Å². The standard InChI is InChI=1S/C17H18BrNO3/c1-19-6-5-17-4-3-10(20)7-14(17)22-16-13(21-2)8-12(18)11(9-19)15(16)17/h3-4,8,14H,5-7,9H2,1-2H3/t14?,17-/m0/s1. The molecule has 3 aliphatic rings. The fraction of sp³-hybridized carbons (Fsp3) is 0.471. The number of rotatable bonds is 1. The lowest BCUT2D eigenvalue weighted by Crippen LogP contribution is -2.41. The van der Waals surface area contributed by atoms with Crippen LogP contribution in [0.4, 0.5) is 0 Å². The Balaban J connectivity index is 2.02. The van der Waals surface area contributed by atoms with Crippen LogP contribution in [-0.4, -0.2) is 37.5 Å². The molecule has 22 heavy (non-hydrogen) atoms. The van der Waals surface area contributed by atoms with E-state index in [1.165, 1.54) is 11.1 Å². The number of ether oxygens (including phenoxy) is 2. The van der Waals surface area contributed by atoms with Gasteiger partial charge in [-0.25, -0.2) is 0 Å². The lowest BCUT2D eigenvalue weighted by Gasteiger charge is -2.33. The molecule has 4 rings (SSSR count). The van der Waals surface area contributed by atoms with E-state index in [9.17, 15) is 4.79 Å². The molecule has 1 aromatic carbocycles. The zero-order valence-electron chi connectivity index (χ0n) is 12.7. The Morgan fingerprint density at radius 2 is 2.32 bits per heavy atom. The second-order valence-electron chi connectivity index (χ2n) is 6.38. The minimum Gasteiger partial charge on any atom is -0.493 e. The smallest absolute Gasteiger partial charge is 0.166 e. The first-order valence-corrected chi connectivity index (χ1v) is 8.31. The highest BCUT2D eigenvalue weighted by Crippen LogP contribution is 2.56. The highest BCUT2D eigenvalue weighted by molar-refractivity contribution is 9.10. The van der Waals surface area contributed by atoms with Crippen molar-refractivity contribution in [3.63, 3.8) is 0 Å². The van der Waals surface area contributed by atoms with Crippen molar-refractivity contribution < 1.29 is 14.3 Å². The van der Waals surface area contributed by atoms with E-state index in [1.807, 2.05) is 6.07 Å². The van der Waals surface area contributed by atoms with Gasteiger partial charge >= 0.3 is 0 Å². The molecular weight excluding hydrogens is 346 g/mol. The van der Waals surface area contributed by atoms with Crippen LogP contribution in [0, 0.1) is 0 Å². The molecule has 0 N–H and O–H groups in total. The predicted octanol–water partition coefficient (Wildman–Crippen LogP) is 2.82. The second kappa shape index (κ2) is 4.83. The number of halogens is 1. The molecule has 4 nitrogen and oxygen atoms in total. The Kier molecular flexibility index (Phi) is 3.13. The van der Waals surface area contributed by atoms with E-state index in [-0.39, 0.29) is 17.3 Å². The van der Waals surface area contributed by atoms with Crippen LogP contribution < -0.4 is 9.47 Å². The molecular formula is C17H18BrNO3. The fourth-order valence-electron chi connectivity index (χ4n) is 3.97. The minimum absolute atomic E-state index is 0.117. The number of hydrogen-bond donors (Lipinski definition) is 0. The maximum absolute atomic E-state index is 11.9. The third-order valence-corrected chi connectivity index (χ3v) is 5.81. The van der Waals surface area contributed by atoms with Crippen LogP contribution in [0.25, 0.3) is 0 Å². The SMILES string of the molecule is COc1cc(Br)c2c3c1OC1CC(=O)C=C[C@@]31CCN(C)C2. The molecule has 1 spiro atoms. The molecule has 0 fully saturated rings. The maximum Gasteiger partial charge on any atom is 0.166 e. The van der Waals surface area contributed by atoms with Gasteiger partial charge in [0.05, 0.1) is 12.5 Å². The van der Waals surface area contributed by atoms with E-state index in [2.05, 4.69) is 34.0 Å². The van der Waals surface area contributed by atoms with Crippen molar-refractivity contribution in [2.45, 2.75) is 30.9 Å². The van der Waals surface area contributed by atoms with Gasteiger partial charge in [-0.15, -0.1) is 0 Å². The molecule has 116 valence electrons. The minimum atomic E-state index is -0.208. The monoisotopic (exact) mass is 363 g/mol. The first-order valence-electron chi connectivity index (χ1n) is 7.52. The third kappa shape index (κ3) is 1.82. The molecule has 5 heteroatoms. The van der Waals surface area contributed by atoms with E-state index in [4.69, 9.17) is 9.47 Å². The summed E-state index contributed by atoms with van der Waals surface area (Å²) in [5.41, 5.74) is 2.24. The molecule has 2 atom stereocenters. The molecule has 1 aromatic rings. The largest absolute Gasteiger partial charge is 0.493 e. The number of allylic oxidation sites excluding steroid dienone is 1. The van der Waals surface area contributed by atoms with Crippen LogP contribution in [0.3, 0.4) is 0 Å². The first kappa shape index (κ1) is 14.3. The van der Waals surface area contributed by atoms with Crippen LogP contribution >= 0.6 is 15.9 Å². The highest BCUT2D eigenvalue weighted by atomic mass is 79.9. The molecule has 1 aliphatic carbocycles. The van der Waals surface area contributed by atoms with Gasteiger partial charge in [0.1, 0.15) is 6.10 Å². The lowest BCUT2D eigenvalue weighted by molar-refractivity contribution is -0.117. The maximum atomic E-state index is 11.9. The topological polar surface area (TPSA) is 38.8 Å². The zero-order chi connectivity index (χ0) is 15.5. The molecule has 1 unspecified atom stereocenters. The molecule has 2 heterocycles. The van der Waals surface area contributed by atoms with E-state index in [0.717, 1.165) is 35.5 Å². The number of benzene rings is 1. The Morgan fingerprint density at radius 3 is 3.09 bits per heavy atom. The summed E-state index contributed by atoms with van der Waals surface area (Å²) in [7, 11) is 3.79. The summed E-state index contributed by atoms with van der Waals surface area (Å²) < 4.78 is 12.8. The number of hydrogen-bond acceptors (Lipinski definition) is 4. The van der Waals surface area contributed by atoms with Crippen LogP contribution in [0.5, 0.6) is 11.5 Å². The number of carbonyl (C=O) groups excluding carboxylic acids is 1. The Bertz CT molecular complexity index is 700. The number of nitrogens with zero attached hydrogens (tertiary/aromatic N) is 1. The predicted molar refractivity (Wildman–Crippen MR) is 86.5 cm³/mol. The molecule has 0 bridgehead atoms. The Hall–Kier alpha value is -1.33. The molecule has 0 radical (unpaired) electrons. The Morgan fingerprint density at radius 1 is 1.50 bits per heavy atom. The molecule has 0 saturated carbocycles. The summed E-state index contributed by atoms with van der Waals surface area (Å²) in [5, 5.41) is 0. The van der Waals surface area contributed by atoms with Crippen molar-refractivity contribution in [2.75, 3.05) is 20.7 Å². The summed E-state index contributed by atoms with van der Waals surface area (Å²) >= 11 is 3.70. The quantitative estimate of drug-likeness (QED) is 0.768. The molecule has 0 amide bonds. The van der Waals surface area contributed by atoms with Gasteiger partial charge in [-0.3, -0.25) is 4.79 Å². The number of carbonyl (C=O) groups is 1. The van der Waals surface area contributed by atoms with Gasteiger partial charge in [0.2, 0.25) is 0 Å². The van der Waals surface area contributed by atoms with E-state index in [0.29, 0.717) is 6.42 Å². The van der Waals surface area contributed by atoms with Crippen molar-refractivity contribution in [3.8, 4) is 11.5 Å². The second-order valence-corrected chi connectivity index (χ2v) is 7.24. The van der Waals surface area contributed by atoms with E-state index in [1.54, 1.807) is 13.2 Å². The van der Waals surface area contributed by atoms with Gasteiger partial charge < -0.3 is 14.4 Å². The summed E-state index contributed by atoms with van der Waals surface area (Å²) in [4.78, 5) is 14.2. The van der Waals surface area contributed by atoms with Gasteiger partial charge in [-0.2, -0.15) is 0 Å². The van der Waals surface area contributed by atoms with Gasteiger partial charge in [0.25, 0.3) is 0 Å². The number of ketones is 1. The van der Waals surface area contributed by atoms with Gasteiger partial charge in [-0.05, 0) is 37.7 Å². The summed E-state index contributed by atoms with van der Waals surface area (Å²) in [6.45, 7) is 1.84. The molecule has 2 aliphatic heterocycles. The normalized spacial score (nSPS) is 29.6. The van der Waals surface area contributed by atoms with Gasteiger partial charge in [-0.1, -0.05) is 22.0 Å². The van der Waals surface area contributed by atoms with Crippen LogP contribution in [0.15, 0.2) is 22.7 Å². The van der Waals surface area contributed by atoms with Crippen molar-refractivity contribution >= 4 is 21.7 Å². The fourth-order valence-corrected chi connectivity index (χ4v) is 4.50. The van der Waals surface area contributed by atoms with Crippen molar-refractivity contribution in [2.24, 2.45) is 0 Å². The first-order chi connectivity index (χ1) is 10.5. The summed E-state index contributed by atoms with van der Waals surface area (Å²) in [6, 6.07) is 1.98. The average molecular weight is 364 g/mol. The molecule has 0 aromatic heterocycles. The van der Waals surface area contributed by atoms with E-state index >= 15 is 0 Å². The van der Waals surface area contributed by atoms with Gasteiger partial charge in [0.15, 0.2) is 17.3 Å². The van der Waals surface area contributed by atoms with Crippen LogP contribution in [0.2, 0.25) is 0 Å². The third-order valence-electron chi connectivity index (χ3n) is 5.11. The molecule has 0 saturated heterocycles. The lowest BCUT2D eigenvalue weighted by atomic mass is 9.69. The van der Waals surface area contributed by atoms with E-state index < -0.39 is 0 Å². The summed E-state index contributed by atoms with van der Waals surface area (Å²) in [6.07, 6.45) is 5.09. The van der Waals surface area contributed by atoms with Crippen molar-refractivity contribution in [1.82, 2.24) is 4.90 Å². The van der Waals surface area contributed by atoms with Crippen LogP contribution in [0.1, 0.15) is 24.0 Å². The zero-order valence-corrected chi connectivity index (χ0v) is 14.3. The highest BCUT2D eigenvalue weighted by Gasteiger charge is 2.53. The summed E-state index contributed by atoms with van der Waals surface area (Å²) in [5.74, 6) is 1.70. The van der Waals surface area contributed by atoms with Crippen molar-refractivity contribution in [1.29, 1.82) is 0 Å². The van der Waals surface area contributed by atoms with Crippen LogP contribution in [-0.2, 0) is 16.8 Å². The van der Waals surface area contributed by atoms with Gasteiger partial charge in [0, 0.05) is 23.0 Å².